The Labute approximate surface area is 116 Å². The number of nitrogens with one attached hydrogen (secondary N) is 1. The van der Waals surface area contributed by atoms with Crippen molar-refractivity contribution in [1.82, 2.24) is 10.3 Å². The van der Waals surface area contributed by atoms with Crippen LogP contribution in [0.15, 0.2) is 18.5 Å². The summed E-state index contributed by atoms with van der Waals surface area (Å²) in [5, 5.41) is 3.39. The summed E-state index contributed by atoms with van der Waals surface area (Å²) in [5.74, 6) is 0. The van der Waals surface area contributed by atoms with E-state index < -0.39 is 0 Å². The zero-order chi connectivity index (χ0) is 13.7. The van der Waals surface area contributed by atoms with Crippen molar-refractivity contribution in [1.29, 1.82) is 0 Å². The highest BCUT2D eigenvalue weighted by atomic mass is 16.5. The summed E-state index contributed by atoms with van der Waals surface area (Å²) in [4.78, 5) is 6.70. The number of ether oxygens (including phenoxy) is 1. The van der Waals surface area contributed by atoms with Gasteiger partial charge in [-0.2, -0.15) is 0 Å². The molecule has 0 radical (unpaired) electrons. The lowest BCUT2D eigenvalue weighted by atomic mass is 9.94. The van der Waals surface area contributed by atoms with Crippen molar-refractivity contribution in [2.45, 2.75) is 38.8 Å². The molecule has 1 unspecified atom stereocenters. The molecule has 1 N–H and O–H groups in total. The lowest BCUT2D eigenvalue weighted by molar-refractivity contribution is -0.00469. The predicted octanol–water partition coefficient (Wildman–Crippen LogP) is 2.20. The van der Waals surface area contributed by atoms with Crippen LogP contribution < -0.4 is 10.2 Å². The number of hydrogen-bond donors (Lipinski definition) is 1. The molecular formula is C15H25N3O. The van der Waals surface area contributed by atoms with Gasteiger partial charge in [0.2, 0.25) is 0 Å². The molecule has 106 valence electrons. The minimum Gasteiger partial charge on any atom is -0.377 e. The third-order valence-corrected chi connectivity index (χ3v) is 3.95. The second-order valence-corrected chi connectivity index (χ2v) is 5.46. The van der Waals surface area contributed by atoms with Gasteiger partial charge in [-0.05, 0) is 37.9 Å². The summed E-state index contributed by atoms with van der Waals surface area (Å²) in [6.45, 7) is 8.23. The van der Waals surface area contributed by atoms with E-state index in [0.29, 0.717) is 0 Å². The average Bonchev–Trinajstić information content (AvgIpc) is 2.45. The quantitative estimate of drug-likeness (QED) is 0.883. The normalized spacial score (nSPS) is 23.6. The van der Waals surface area contributed by atoms with E-state index in [1.165, 1.54) is 17.7 Å². The Morgan fingerprint density at radius 1 is 1.53 bits per heavy atom. The zero-order valence-electron chi connectivity index (χ0n) is 12.3. The number of pyridine rings is 1. The molecule has 0 aromatic carbocycles. The van der Waals surface area contributed by atoms with Crippen LogP contribution in [-0.4, -0.2) is 37.3 Å². The van der Waals surface area contributed by atoms with Crippen molar-refractivity contribution in [3.63, 3.8) is 0 Å². The standard InChI is InChI=1S/C15H25N3O/c1-4-16-10-13-6-8-17-11-14(13)18-9-5-7-15(2,12-18)19-3/h6,8,11,16H,4-5,7,9-10,12H2,1-3H3. The molecule has 1 fully saturated rings. The Balaban J connectivity index is 2.16. The van der Waals surface area contributed by atoms with Crippen LogP contribution >= 0.6 is 0 Å². The minimum absolute atomic E-state index is 0.0381. The SMILES string of the molecule is CCNCc1ccncc1N1CCCC(C)(OC)C1. The van der Waals surface area contributed by atoms with Crippen molar-refractivity contribution in [2.24, 2.45) is 0 Å². The van der Waals surface area contributed by atoms with Crippen LogP contribution in [0.3, 0.4) is 0 Å². The number of aromatic nitrogens is 1. The van der Waals surface area contributed by atoms with Gasteiger partial charge in [0, 0.05) is 32.9 Å². The molecule has 0 saturated carbocycles. The molecule has 1 aliphatic heterocycles. The van der Waals surface area contributed by atoms with E-state index in [2.05, 4.69) is 35.1 Å². The van der Waals surface area contributed by atoms with Gasteiger partial charge < -0.3 is 15.0 Å². The monoisotopic (exact) mass is 263 g/mol. The third-order valence-electron chi connectivity index (χ3n) is 3.95. The van der Waals surface area contributed by atoms with Gasteiger partial charge in [0.25, 0.3) is 0 Å². The van der Waals surface area contributed by atoms with Crippen LogP contribution in [0.1, 0.15) is 32.3 Å². The van der Waals surface area contributed by atoms with Gasteiger partial charge in [-0.1, -0.05) is 6.92 Å². The van der Waals surface area contributed by atoms with E-state index >= 15 is 0 Å². The summed E-state index contributed by atoms with van der Waals surface area (Å²) in [6, 6.07) is 2.11. The molecule has 4 heteroatoms. The van der Waals surface area contributed by atoms with Crippen LogP contribution in [0.4, 0.5) is 5.69 Å². The first-order chi connectivity index (χ1) is 9.18. The summed E-state index contributed by atoms with van der Waals surface area (Å²) in [7, 11) is 1.81. The van der Waals surface area contributed by atoms with Gasteiger partial charge in [-0.25, -0.2) is 0 Å². The second-order valence-electron chi connectivity index (χ2n) is 5.46. The van der Waals surface area contributed by atoms with Crippen LogP contribution in [0.5, 0.6) is 0 Å². The molecule has 1 aromatic rings. The van der Waals surface area contributed by atoms with Crippen LogP contribution in [0, 0.1) is 0 Å². The first-order valence-electron chi connectivity index (χ1n) is 7.12. The fraction of sp³-hybridized carbons (Fsp3) is 0.667. The van der Waals surface area contributed by atoms with E-state index in [-0.39, 0.29) is 5.60 Å². The summed E-state index contributed by atoms with van der Waals surface area (Å²) in [5.41, 5.74) is 2.52. The Kier molecular flexibility index (Phi) is 4.77. The molecular weight excluding hydrogens is 238 g/mol. The number of anilines is 1. The van der Waals surface area contributed by atoms with E-state index in [4.69, 9.17) is 4.74 Å². The van der Waals surface area contributed by atoms with Crippen molar-refractivity contribution < 1.29 is 4.74 Å². The maximum Gasteiger partial charge on any atom is 0.0825 e. The van der Waals surface area contributed by atoms with Crippen LogP contribution in [0.2, 0.25) is 0 Å². The van der Waals surface area contributed by atoms with Gasteiger partial charge in [0.05, 0.1) is 17.5 Å². The highest BCUT2D eigenvalue weighted by Gasteiger charge is 2.31. The molecule has 1 aliphatic rings. The first kappa shape index (κ1) is 14.3. The van der Waals surface area contributed by atoms with Gasteiger partial charge in [-0.15, -0.1) is 0 Å². The average molecular weight is 263 g/mol. The highest BCUT2D eigenvalue weighted by Crippen LogP contribution is 2.29. The van der Waals surface area contributed by atoms with Gasteiger partial charge in [0.1, 0.15) is 0 Å². The third kappa shape index (κ3) is 3.45. The fourth-order valence-electron chi connectivity index (χ4n) is 2.69. The largest absolute Gasteiger partial charge is 0.377 e. The molecule has 2 rings (SSSR count). The maximum atomic E-state index is 5.67. The summed E-state index contributed by atoms with van der Waals surface area (Å²) < 4.78 is 5.67. The molecule has 2 heterocycles. The molecule has 19 heavy (non-hydrogen) atoms. The van der Waals surface area contributed by atoms with E-state index in [1.807, 2.05) is 19.5 Å². The van der Waals surface area contributed by atoms with Gasteiger partial charge >= 0.3 is 0 Å². The predicted molar refractivity (Wildman–Crippen MR) is 78.5 cm³/mol. The molecule has 0 aliphatic carbocycles. The lowest BCUT2D eigenvalue weighted by Crippen LogP contribution is -2.47. The lowest BCUT2D eigenvalue weighted by Gasteiger charge is -2.41. The Bertz CT molecular complexity index is 410. The minimum atomic E-state index is -0.0381. The molecule has 0 amide bonds. The van der Waals surface area contributed by atoms with Crippen molar-refractivity contribution in [3.05, 3.63) is 24.0 Å². The number of piperidine rings is 1. The highest BCUT2D eigenvalue weighted by molar-refractivity contribution is 5.52. The second kappa shape index (κ2) is 6.35. The van der Waals surface area contributed by atoms with E-state index in [0.717, 1.165) is 32.6 Å². The number of rotatable bonds is 5. The number of hydrogen-bond acceptors (Lipinski definition) is 4. The zero-order valence-corrected chi connectivity index (χ0v) is 12.3. The number of methoxy groups -OCH3 is 1. The van der Waals surface area contributed by atoms with Crippen LogP contribution in [-0.2, 0) is 11.3 Å². The Morgan fingerprint density at radius 3 is 3.11 bits per heavy atom. The smallest absolute Gasteiger partial charge is 0.0825 e. The van der Waals surface area contributed by atoms with Gasteiger partial charge in [0.15, 0.2) is 0 Å². The van der Waals surface area contributed by atoms with Crippen LogP contribution in [0.25, 0.3) is 0 Å². The maximum absolute atomic E-state index is 5.67. The molecule has 1 atom stereocenters. The fourth-order valence-corrected chi connectivity index (χ4v) is 2.69. The van der Waals surface area contributed by atoms with Crippen molar-refractivity contribution >= 4 is 5.69 Å². The summed E-state index contributed by atoms with van der Waals surface area (Å²) >= 11 is 0. The van der Waals surface area contributed by atoms with Gasteiger partial charge in [-0.3, -0.25) is 4.98 Å². The van der Waals surface area contributed by atoms with E-state index in [1.54, 1.807) is 0 Å². The molecule has 4 nitrogen and oxygen atoms in total. The van der Waals surface area contributed by atoms with Crippen molar-refractivity contribution in [3.8, 4) is 0 Å². The Morgan fingerprint density at radius 2 is 2.37 bits per heavy atom. The first-order valence-corrected chi connectivity index (χ1v) is 7.12. The van der Waals surface area contributed by atoms with E-state index in [9.17, 15) is 0 Å². The molecule has 0 spiro atoms. The molecule has 0 bridgehead atoms. The molecule has 1 aromatic heterocycles. The number of nitrogens with zero attached hydrogens (tertiary/aromatic N) is 2. The Hall–Kier alpha value is -1.13. The molecule has 1 saturated heterocycles. The topological polar surface area (TPSA) is 37.4 Å². The van der Waals surface area contributed by atoms with Crippen molar-refractivity contribution in [2.75, 3.05) is 31.6 Å². The summed E-state index contributed by atoms with van der Waals surface area (Å²) in [6.07, 6.45) is 6.15.